The van der Waals surface area contributed by atoms with Crippen molar-refractivity contribution in [3.8, 4) is 0 Å². The normalized spacial score (nSPS) is 15.0. The molecule has 0 unspecified atom stereocenters. The fourth-order valence-electron chi connectivity index (χ4n) is 3.66. The maximum absolute atomic E-state index is 4.67. The van der Waals surface area contributed by atoms with Gasteiger partial charge in [-0.25, -0.2) is 0 Å². The molecule has 3 aromatic rings. The van der Waals surface area contributed by atoms with Crippen molar-refractivity contribution in [2.75, 3.05) is 18.0 Å². The number of H-pyrrole nitrogens is 1. The Morgan fingerprint density at radius 1 is 1.12 bits per heavy atom. The number of aromatic amines is 1. The van der Waals surface area contributed by atoms with Crippen LogP contribution in [0, 0.1) is 13.8 Å². The molecule has 1 N–H and O–H groups in total. The van der Waals surface area contributed by atoms with Crippen LogP contribution in [0.2, 0.25) is 0 Å². The number of benzene rings is 1. The van der Waals surface area contributed by atoms with Crippen LogP contribution in [0.4, 0.5) is 5.69 Å². The molecule has 3 heterocycles. The molecule has 0 aliphatic carbocycles. The molecule has 0 atom stereocenters. The summed E-state index contributed by atoms with van der Waals surface area (Å²) in [6, 6.07) is 10.8. The number of aromatic nitrogens is 2. The molecule has 1 aliphatic heterocycles. The molecule has 3 nitrogen and oxygen atoms in total. The molecule has 0 saturated carbocycles. The van der Waals surface area contributed by atoms with Gasteiger partial charge in [0, 0.05) is 41.6 Å². The number of aryl methyl sites for hydroxylation is 2. The van der Waals surface area contributed by atoms with Gasteiger partial charge in [0.15, 0.2) is 0 Å². The van der Waals surface area contributed by atoms with Crippen LogP contribution >= 0.6 is 11.8 Å². The van der Waals surface area contributed by atoms with Gasteiger partial charge in [0.2, 0.25) is 0 Å². The second-order valence-corrected chi connectivity index (χ2v) is 7.91. The third-order valence-electron chi connectivity index (χ3n) is 5.11. The smallest absolute Gasteiger partial charge is 0.0766 e. The molecule has 0 spiro atoms. The average molecular weight is 352 g/mol. The maximum atomic E-state index is 4.67. The number of rotatable bonds is 4. The van der Waals surface area contributed by atoms with E-state index in [1.807, 2.05) is 18.0 Å². The van der Waals surface area contributed by atoms with Gasteiger partial charge in [0.1, 0.15) is 0 Å². The molecule has 1 saturated heterocycles. The Bertz CT molecular complexity index is 878. The third kappa shape index (κ3) is 3.40. The lowest BCUT2D eigenvalue weighted by molar-refractivity contribution is 0.576. The van der Waals surface area contributed by atoms with E-state index in [0.717, 1.165) is 11.4 Å². The van der Waals surface area contributed by atoms with Crippen LogP contribution in [0.5, 0.6) is 0 Å². The lowest BCUT2D eigenvalue weighted by Crippen LogP contribution is -2.30. The lowest BCUT2D eigenvalue weighted by Gasteiger charge is -2.30. The minimum absolute atomic E-state index is 0.898. The van der Waals surface area contributed by atoms with Crippen LogP contribution in [0.25, 0.3) is 10.9 Å². The molecule has 25 heavy (non-hydrogen) atoms. The van der Waals surface area contributed by atoms with E-state index in [0.29, 0.717) is 0 Å². The summed E-state index contributed by atoms with van der Waals surface area (Å²) in [5.41, 5.74) is 6.38. The van der Waals surface area contributed by atoms with Crippen LogP contribution in [-0.4, -0.2) is 23.1 Å². The summed E-state index contributed by atoms with van der Waals surface area (Å²) < 4.78 is 0. The van der Waals surface area contributed by atoms with Gasteiger partial charge in [-0.1, -0.05) is 18.2 Å². The van der Waals surface area contributed by atoms with Gasteiger partial charge >= 0.3 is 0 Å². The quantitative estimate of drug-likeness (QED) is 0.633. The Balaban J connectivity index is 1.53. The Morgan fingerprint density at radius 3 is 2.72 bits per heavy atom. The van der Waals surface area contributed by atoms with Gasteiger partial charge in [-0.15, -0.1) is 11.8 Å². The van der Waals surface area contributed by atoms with Gasteiger partial charge in [0.25, 0.3) is 0 Å². The molecular weight excluding hydrogens is 326 g/mol. The van der Waals surface area contributed by atoms with E-state index < -0.39 is 0 Å². The number of nitrogens with one attached hydrogen (secondary N) is 1. The molecule has 130 valence electrons. The number of pyridine rings is 1. The van der Waals surface area contributed by atoms with Crippen molar-refractivity contribution in [1.29, 1.82) is 0 Å². The Kier molecular flexibility index (Phi) is 4.71. The van der Waals surface area contributed by atoms with Gasteiger partial charge < -0.3 is 9.88 Å². The predicted molar refractivity (Wildman–Crippen MR) is 108 cm³/mol. The first-order chi connectivity index (χ1) is 12.2. The zero-order valence-corrected chi connectivity index (χ0v) is 15.8. The molecule has 4 rings (SSSR count). The van der Waals surface area contributed by atoms with Crippen LogP contribution in [0.3, 0.4) is 0 Å². The van der Waals surface area contributed by atoms with Crippen LogP contribution < -0.4 is 4.90 Å². The summed E-state index contributed by atoms with van der Waals surface area (Å²) in [6.45, 7) is 6.73. The molecule has 0 amide bonds. The number of hydrogen-bond donors (Lipinski definition) is 1. The number of anilines is 1. The Hall–Kier alpha value is -1.94. The van der Waals surface area contributed by atoms with Crippen molar-refractivity contribution in [1.82, 2.24) is 9.97 Å². The molecule has 0 radical (unpaired) electrons. The van der Waals surface area contributed by atoms with Crippen molar-refractivity contribution in [3.63, 3.8) is 0 Å². The van der Waals surface area contributed by atoms with E-state index in [1.54, 1.807) is 0 Å². The van der Waals surface area contributed by atoms with Crippen LogP contribution in [-0.2, 0) is 5.75 Å². The van der Waals surface area contributed by atoms with Crippen molar-refractivity contribution >= 4 is 28.4 Å². The fourth-order valence-corrected chi connectivity index (χ4v) is 4.62. The van der Waals surface area contributed by atoms with E-state index >= 15 is 0 Å². The monoisotopic (exact) mass is 351 g/mol. The first-order valence-corrected chi connectivity index (χ1v) is 10.1. The van der Waals surface area contributed by atoms with E-state index in [2.05, 4.69) is 59.0 Å². The summed E-state index contributed by atoms with van der Waals surface area (Å²) in [6.07, 6.45) is 6.01. The first kappa shape index (κ1) is 16.5. The molecule has 0 bridgehead atoms. The van der Waals surface area contributed by atoms with Crippen molar-refractivity contribution in [2.24, 2.45) is 0 Å². The zero-order chi connectivity index (χ0) is 17.2. The number of hydrogen-bond acceptors (Lipinski definition) is 3. The average Bonchev–Trinajstić information content (AvgIpc) is 2.98. The van der Waals surface area contributed by atoms with Crippen molar-refractivity contribution in [3.05, 3.63) is 53.3 Å². The molecular formula is C21H25N3S. The minimum atomic E-state index is 0.898. The minimum Gasteiger partial charge on any atom is -0.371 e. The number of piperidine rings is 1. The van der Waals surface area contributed by atoms with Gasteiger partial charge in [-0.3, -0.25) is 4.98 Å². The number of thioether (sulfide) groups is 1. The summed E-state index contributed by atoms with van der Waals surface area (Å²) in [5.74, 6) is 0.898. The summed E-state index contributed by atoms with van der Waals surface area (Å²) >= 11 is 1.85. The maximum Gasteiger partial charge on any atom is 0.0766 e. The molecule has 4 heteroatoms. The third-order valence-corrected chi connectivity index (χ3v) is 6.25. The highest BCUT2D eigenvalue weighted by molar-refractivity contribution is 7.98. The van der Waals surface area contributed by atoms with Crippen molar-refractivity contribution < 1.29 is 0 Å². The predicted octanol–water partition coefficient (Wildman–Crippen LogP) is 5.46. The van der Waals surface area contributed by atoms with Gasteiger partial charge in [-0.2, -0.15) is 0 Å². The Labute approximate surface area is 153 Å². The lowest BCUT2D eigenvalue weighted by atomic mass is 10.1. The largest absolute Gasteiger partial charge is 0.371 e. The highest BCUT2D eigenvalue weighted by Gasteiger charge is 2.14. The van der Waals surface area contributed by atoms with Crippen LogP contribution in [0.1, 0.15) is 36.1 Å². The SMILES string of the molecule is Cc1cnc(CSc2[nH]c3ccccc3c2C)cc1N1CCCCC1. The van der Waals surface area contributed by atoms with Crippen LogP contribution in [0.15, 0.2) is 41.6 Å². The Morgan fingerprint density at radius 2 is 1.92 bits per heavy atom. The highest BCUT2D eigenvalue weighted by atomic mass is 32.2. The molecule has 2 aromatic heterocycles. The zero-order valence-electron chi connectivity index (χ0n) is 15.0. The van der Waals surface area contributed by atoms with E-state index in [9.17, 15) is 0 Å². The van der Waals surface area contributed by atoms with E-state index in [4.69, 9.17) is 0 Å². The van der Waals surface area contributed by atoms with Gasteiger partial charge in [-0.05, 0) is 56.4 Å². The summed E-state index contributed by atoms with van der Waals surface area (Å²) in [5, 5.41) is 2.57. The van der Waals surface area contributed by atoms with Crippen molar-refractivity contribution in [2.45, 2.75) is 43.9 Å². The number of para-hydroxylation sites is 1. The number of nitrogens with zero attached hydrogens (tertiary/aromatic N) is 2. The molecule has 1 fully saturated rings. The standard InChI is InChI=1S/C21H25N3S/c1-15-13-22-17(12-20(15)24-10-6-3-7-11-24)14-25-21-16(2)18-8-4-5-9-19(18)23-21/h4-5,8-9,12-13,23H,3,6-7,10-11,14H2,1-2H3. The second kappa shape index (κ2) is 7.12. The summed E-state index contributed by atoms with van der Waals surface area (Å²) in [4.78, 5) is 10.7. The highest BCUT2D eigenvalue weighted by Crippen LogP contribution is 2.32. The molecule has 1 aliphatic rings. The fraction of sp³-hybridized carbons (Fsp3) is 0.381. The van der Waals surface area contributed by atoms with Gasteiger partial charge in [0.05, 0.1) is 10.7 Å². The first-order valence-electron chi connectivity index (χ1n) is 9.13. The molecule has 1 aromatic carbocycles. The second-order valence-electron chi connectivity index (χ2n) is 6.92. The van der Waals surface area contributed by atoms with E-state index in [-0.39, 0.29) is 0 Å². The number of fused-ring (bicyclic) bond motifs is 1. The topological polar surface area (TPSA) is 31.9 Å². The summed E-state index contributed by atoms with van der Waals surface area (Å²) in [7, 11) is 0. The van der Waals surface area contributed by atoms with E-state index in [1.165, 1.54) is 65.1 Å².